The molecule has 0 saturated carbocycles. The molecule has 0 fully saturated rings. The van der Waals surface area contributed by atoms with Crippen molar-refractivity contribution in [2.75, 3.05) is 40.9 Å². The van der Waals surface area contributed by atoms with Gasteiger partial charge >= 0.3 is 0 Å². The first-order chi connectivity index (χ1) is 38.5. The molecule has 0 aliphatic carbocycles. The summed E-state index contributed by atoms with van der Waals surface area (Å²) < 4.78 is 23.5. The smallest absolute Gasteiger partial charge is 0.268 e. The zero-order valence-electron chi connectivity index (χ0n) is 53.6. The van der Waals surface area contributed by atoms with E-state index in [0.717, 1.165) is 51.4 Å². The van der Waals surface area contributed by atoms with Gasteiger partial charge in [-0.1, -0.05) is 333 Å². The molecule has 0 aromatic heterocycles. The van der Waals surface area contributed by atoms with Crippen LogP contribution < -0.4 is 10.2 Å². The van der Waals surface area contributed by atoms with Crippen LogP contribution in [0.5, 0.6) is 0 Å². The lowest BCUT2D eigenvalue weighted by Gasteiger charge is -2.30. The van der Waals surface area contributed by atoms with Gasteiger partial charge in [-0.15, -0.1) is 0 Å². The molecule has 0 spiro atoms. The summed E-state index contributed by atoms with van der Waals surface area (Å²) in [6.07, 6.45) is 80.8. The lowest BCUT2D eigenvalue weighted by molar-refractivity contribution is -0.870. The molecule has 8 nitrogen and oxygen atoms in total. The maximum absolute atomic E-state index is 13.0. The van der Waals surface area contributed by atoms with Gasteiger partial charge < -0.3 is 28.8 Å². The third-order valence-electron chi connectivity index (χ3n) is 16.1. The number of nitrogens with zero attached hydrogens (tertiary/aromatic N) is 1. The highest BCUT2D eigenvalue weighted by Crippen LogP contribution is 2.38. The van der Waals surface area contributed by atoms with Gasteiger partial charge in [-0.3, -0.25) is 9.36 Å². The molecule has 0 radical (unpaired) electrons. The second-order valence-electron chi connectivity index (χ2n) is 25.2. The van der Waals surface area contributed by atoms with Crippen LogP contribution in [0.3, 0.4) is 0 Å². The van der Waals surface area contributed by atoms with E-state index in [-0.39, 0.29) is 19.1 Å². The Bertz CT molecular complexity index is 1380. The number of rotatable bonds is 65. The number of phosphoric ester groups is 1. The van der Waals surface area contributed by atoms with Gasteiger partial charge in [0.05, 0.1) is 39.9 Å². The van der Waals surface area contributed by atoms with Crippen LogP contribution in [0.1, 0.15) is 354 Å². The Labute approximate surface area is 493 Å². The summed E-state index contributed by atoms with van der Waals surface area (Å²) in [7, 11) is 1.32. The van der Waals surface area contributed by atoms with Crippen LogP contribution in [0, 0.1) is 0 Å². The molecule has 0 aliphatic rings. The van der Waals surface area contributed by atoms with Crippen LogP contribution in [-0.4, -0.2) is 68.5 Å². The van der Waals surface area contributed by atoms with Crippen molar-refractivity contribution < 1.29 is 32.9 Å². The number of unbranched alkanes of at least 4 members (excludes halogenated alkanes) is 46. The minimum atomic E-state index is -4.58. The van der Waals surface area contributed by atoms with Gasteiger partial charge in [0.2, 0.25) is 5.91 Å². The van der Waals surface area contributed by atoms with Crippen molar-refractivity contribution >= 4 is 13.7 Å². The number of quaternary nitrogens is 1. The molecular weight excluding hydrogens is 996 g/mol. The summed E-state index contributed by atoms with van der Waals surface area (Å²) in [5.41, 5.74) is 0. The highest BCUT2D eigenvalue weighted by Gasteiger charge is 2.24. The van der Waals surface area contributed by atoms with E-state index >= 15 is 0 Å². The SMILES string of the molecule is CCCCCCC/C=C\C/C=C\C/C=C\CCCCCCCCCCCCCCCCCCCCCCCCC(=O)NC(COP(=O)([O-])OCC[N+](C)(C)C)C(O)CCCCCCCCCCCCCCCCCCCCCC. The molecule has 0 saturated heterocycles. The molecule has 468 valence electrons. The summed E-state index contributed by atoms with van der Waals surface area (Å²) in [6.45, 7) is 4.76. The van der Waals surface area contributed by atoms with Crippen molar-refractivity contribution in [3.63, 3.8) is 0 Å². The van der Waals surface area contributed by atoms with Crippen molar-refractivity contribution in [2.45, 2.75) is 366 Å². The summed E-state index contributed by atoms with van der Waals surface area (Å²) in [5, 5.41) is 14.1. The van der Waals surface area contributed by atoms with Gasteiger partial charge in [-0.25, -0.2) is 0 Å². The van der Waals surface area contributed by atoms with Gasteiger partial charge in [0.15, 0.2) is 0 Å². The van der Waals surface area contributed by atoms with Crippen molar-refractivity contribution in [3.8, 4) is 0 Å². The Kier molecular flexibility index (Phi) is 60.3. The zero-order chi connectivity index (χ0) is 57.7. The zero-order valence-corrected chi connectivity index (χ0v) is 54.5. The predicted octanol–water partition coefficient (Wildman–Crippen LogP) is 21.4. The molecule has 2 N–H and O–H groups in total. The number of aliphatic hydroxyl groups is 1. The van der Waals surface area contributed by atoms with Crippen LogP contribution in [0.4, 0.5) is 0 Å². The van der Waals surface area contributed by atoms with Gasteiger partial charge in [0, 0.05) is 6.42 Å². The lowest BCUT2D eigenvalue weighted by Crippen LogP contribution is -2.46. The first-order valence-electron chi connectivity index (χ1n) is 34.8. The molecular formula is C70H137N2O6P. The third-order valence-corrected chi connectivity index (χ3v) is 17.1. The van der Waals surface area contributed by atoms with Gasteiger partial charge in [-0.2, -0.15) is 0 Å². The Morgan fingerprint density at radius 1 is 0.443 bits per heavy atom. The maximum Gasteiger partial charge on any atom is 0.268 e. The summed E-state index contributed by atoms with van der Waals surface area (Å²) >= 11 is 0. The number of hydrogen-bond acceptors (Lipinski definition) is 6. The summed E-state index contributed by atoms with van der Waals surface area (Å²) in [4.78, 5) is 25.6. The number of carbonyl (C=O) groups is 1. The Morgan fingerprint density at radius 3 is 1.06 bits per heavy atom. The Balaban J connectivity index is 3.94. The summed E-state index contributed by atoms with van der Waals surface area (Å²) in [5.74, 6) is -0.157. The second kappa shape index (κ2) is 61.3. The van der Waals surface area contributed by atoms with Crippen molar-refractivity contribution in [1.29, 1.82) is 0 Å². The molecule has 3 unspecified atom stereocenters. The largest absolute Gasteiger partial charge is 0.756 e. The van der Waals surface area contributed by atoms with Crippen LogP contribution in [0.25, 0.3) is 0 Å². The van der Waals surface area contributed by atoms with Gasteiger partial charge in [-0.05, 0) is 51.4 Å². The number of carbonyl (C=O) groups excluding carboxylic acids is 1. The van der Waals surface area contributed by atoms with E-state index in [0.29, 0.717) is 23.9 Å². The highest BCUT2D eigenvalue weighted by molar-refractivity contribution is 7.45. The van der Waals surface area contributed by atoms with Crippen LogP contribution in [0.15, 0.2) is 36.5 Å². The van der Waals surface area contributed by atoms with E-state index in [1.807, 2.05) is 21.1 Å². The first kappa shape index (κ1) is 77.7. The standard InChI is InChI=1S/C70H137N2O6P/c1-6-8-10-12-14-16-18-20-22-24-26-28-29-30-31-32-33-34-35-36-37-38-39-40-41-42-43-44-46-48-50-52-54-56-58-60-62-64-70(74)71-68(67-78-79(75,76)77-66-65-72(3,4)5)69(73)63-61-59-57-55-53-51-49-47-45-27-25-23-21-19-17-15-13-11-9-7-2/h18,20,24,26,29-30,68-69,73H,6-17,19,21-23,25,27-28,31-67H2,1-5H3,(H-,71,74,75,76)/b20-18-,26-24-,30-29-. The normalized spacial score (nSPS) is 13.9. The van der Waals surface area contributed by atoms with Gasteiger partial charge in [0.25, 0.3) is 7.82 Å². The minimum Gasteiger partial charge on any atom is -0.756 e. The monoisotopic (exact) mass is 1130 g/mol. The molecule has 3 atom stereocenters. The van der Waals surface area contributed by atoms with Crippen LogP contribution >= 0.6 is 7.82 Å². The average molecular weight is 1130 g/mol. The number of amides is 1. The van der Waals surface area contributed by atoms with Crippen molar-refractivity contribution in [2.24, 2.45) is 0 Å². The van der Waals surface area contributed by atoms with E-state index in [4.69, 9.17) is 9.05 Å². The molecule has 0 aliphatic heterocycles. The van der Waals surface area contributed by atoms with E-state index in [1.165, 1.54) is 276 Å². The average Bonchev–Trinajstić information content (AvgIpc) is 3.42. The lowest BCUT2D eigenvalue weighted by atomic mass is 10.0. The summed E-state index contributed by atoms with van der Waals surface area (Å²) in [6, 6.07) is -0.799. The Morgan fingerprint density at radius 2 is 0.734 bits per heavy atom. The molecule has 0 heterocycles. The van der Waals surface area contributed by atoms with E-state index < -0.39 is 20.0 Å². The fourth-order valence-electron chi connectivity index (χ4n) is 10.7. The number of hydrogen-bond donors (Lipinski definition) is 2. The van der Waals surface area contributed by atoms with E-state index in [9.17, 15) is 19.4 Å². The molecule has 79 heavy (non-hydrogen) atoms. The molecule has 0 bridgehead atoms. The molecule has 0 rings (SSSR count). The molecule has 9 heteroatoms. The highest BCUT2D eigenvalue weighted by atomic mass is 31.2. The van der Waals surface area contributed by atoms with Crippen molar-refractivity contribution in [1.82, 2.24) is 5.32 Å². The first-order valence-corrected chi connectivity index (χ1v) is 36.3. The molecule has 1 amide bonds. The van der Waals surface area contributed by atoms with Crippen molar-refractivity contribution in [3.05, 3.63) is 36.5 Å². The number of allylic oxidation sites excluding steroid dienone is 6. The number of aliphatic hydroxyl groups excluding tert-OH is 1. The quantitative estimate of drug-likeness (QED) is 0.0272. The third kappa shape index (κ3) is 64.1. The molecule has 0 aromatic carbocycles. The fraction of sp³-hybridized carbons (Fsp3) is 0.900. The van der Waals surface area contributed by atoms with Gasteiger partial charge in [0.1, 0.15) is 13.2 Å². The maximum atomic E-state index is 13.0. The van der Waals surface area contributed by atoms with E-state index in [2.05, 4.69) is 55.6 Å². The van der Waals surface area contributed by atoms with E-state index in [1.54, 1.807) is 0 Å². The fourth-order valence-corrected chi connectivity index (χ4v) is 11.4. The van der Waals surface area contributed by atoms with Crippen LogP contribution in [0.2, 0.25) is 0 Å². The topological polar surface area (TPSA) is 108 Å². The number of phosphoric acid groups is 1. The van der Waals surface area contributed by atoms with Crippen LogP contribution in [-0.2, 0) is 18.4 Å². The number of likely N-dealkylation sites (N-methyl/N-ethyl adjacent to an activating group) is 1. The molecule has 0 aromatic rings. The predicted molar refractivity (Wildman–Crippen MR) is 344 cm³/mol. The second-order valence-corrected chi connectivity index (χ2v) is 26.7. The number of nitrogens with one attached hydrogen (secondary N) is 1. The minimum absolute atomic E-state index is 0.0146. The Hall–Kier alpha value is -1.28.